The van der Waals surface area contributed by atoms with Gasteiger partial charge in [0.05, 0.1) is 28.4 Å². The van der Waals surface area contributed by atoms with Gasteiger partial charge in [-0.2, -0.15) is 0 Å². The number of benzene rings is 1. The van der Waals surface area contributed by atoms with E-state index in [1.165, 1.54) is 18.2 Å². The van der Waals surface area contributed by atoms with Crippen LogP contribution in [0.25, 0.3) is 0 Å². The van der Waals surface area contributed by atoms with Gasteiger partial charge in [-0.3, -0.25) is 24.5 Å². The van der Waals surface area contributed by atoms with E-state index in [4.69, 9.17) is 15.7 Å². The lowest BCUT2D eigenvalue weighted by Gasteiger charge is -2.20. The van der Waals surface area contributed by atoms with Crippen LogP contribution in [0.1, 0.15) is 40.2 Å². The summed E-state index contributed by atoms with van der Waals surface area (Å²) in [6.07, 6.45) is 0.512. The highest BCUT2D eigenvalue weighted by Crippen LogP contribution is 2.23. The van der Waals surface area contributed by atoms with Crippen molar-refractivity contribution in [3.8, 4) is 0 Å². The zero-order chi connectivity index (χ0) is 25.0. The minimum atomic E-state index is -3.01. The van der Waals surface area contributed by atoms with Gasteiger partial charge in [0.15, 0.2) is 0 Å². The highest BCUT2D eigenvalue weighted by atomic mass is 35.5. The summed E-state index contributed by atoms with van der Waals surface area (Å²) in [6, 6.07) is 2.38. The Morgan fingerprint density at radius 2 is 2.06 bits per heavy atom. The maximum Gasteiger partial charge on any atom is 0.411 e. The molecule has 2 fully saturated rings. The van der Waals surface area contributed by atoms with Crippen molar-refractivity contribution in [1.82, 2.24) is 16.0 Å². The fourth-order valence-corrected chi connectivity index (χ4v) is 3.39. The van der Waals surface area contributed by atoms with Crippen molar-refractivity contribution in [2.24, 2.45) is 5.92 Å². The quantitative estimate of drug-likeness (QED) is 0.432. The van der Waals surface area contributed by atoms with Crippen LogP contribution in [0.3, 0.4) is 0 Å². The molecule has 2 atom stereocenters. The molecule has 1 aliphatic carbocycles. The Bertz CT molecular complexity index is 1010. The predicted octanol–water partition coefficient (Wildman–Crippen LogP) is 0.991. The maximum atomic E-state index is 13.1. The molecule has 3 rings (SSSR count). The summed E-state index contributed by atoms with van der Waals surface area (Å²) in [4.78, 5) is 62.1. The first-order valence-corrected chi connectivity index (χ1v) is 10.0. The SMILES string of the molecule is [2H]C([2H])([2H])OC(=O)Nc1ccc(Cl)cc1C(=O)NC(C[C@@H]1CCNC1=O)C(=O)C(=O)NC1CC1. The molecule has 1 aromatic carbocycles. The van der Waals surface area contributed by atoms with Crippen molar-refractivity contribution in [2.75, 3.05) is 18.9 Å². The fourth-order valence-electron chi connectivity index (χ4n) is 3.21. The minimum Gasteiger partial charge on any atom is -0.453 e. The van der Waals surface area contributed by atoms with Crippen molar-refractivity contribution in [3.05, 3.63) is 28.8 Å². The Hall–Kier alpha value is -3.14. The largest absolute Gasteiger partial charge is 0.453 e. The lowest BCUT2D eigenvalue weighted by molar-refractivity contribution is -0.139. The molecule has 4 amide bonds. The van der Waals surface area contributed by atoms with Gasteiger partial charge in [-0.25, -0.2) is 4.79 Å². The molecule has 0 spiro atoms. The molecule has 0 radical (unpaired) electrons. The zero-order valence-electron chi connectivity index (χ0n) is 19.3. The Labute approximate surface area is 187 Å². The van der Waals surface area contributed by atoms with Crippen molar-refractivity contribution in [3.63, 3.8) is 0 Å². The number of halogens is 1. The molecule has 1 saturated heterocycles. The molecule has 10 nitrogen and oxygen atoms in total. The van der Waals surface area contributed by atoms with Gasteiger partial charge in [-0.05, 0) is 43.9 Å². The monoisotopic (exact) mass is 453 g/mol. The van der Waals surface area contributed by atoms with Crippen LogP contribution < -0.4 is 21.3 Å². The Balaban J connectivity index is 1.79. The number of rotatable bonds is 8. The summed E-state index contributed by atoms with van der Waals surface area (Å²) >= 11 is 5.98. The summed E-state index contributed by atoms with van der Waals surface area (Å²) in [5.74, 6) is -3.50. The average Bonchev–Trinajstić information content (AvgIpc) is 3.46. The average molecular weight is 454 g/mol. The molecular weight excluding hydrogens is 428 g/mol. The van der Waals surface area contributed by atoms with Crippen LogP contribution in [0, 0.1) is 5.92 Å². The summed E-state index contributed by atoms with van der Waals surface area (Å²) in [7, 11) is -3.01. The number of Topliss-reactive ketones (excluding diaryl/α,β-unsaturated/α-hetero) is 1. The first-order chi connectivity index (χ1) is 15.9. The van der Waals surface area contributed by atoms with Gasteiger partial charge in [0, 0.05) is 23.5 Å². The van der Waals surface area contributed by atoms with Gasteiger partial charge >= 0.3 is 6.09 Å². The second-order valence-electron chi connectivity index (χ2n) is 7.35. The lowest BCUT2D eigenvalue weighted by Crippen LogP contribution is -2.49. The van der Waals surface area contributed by atoms with Crippen molar-refractivity contribution >= 4 is 46.9 Å². The second kappa shape index (κ2) is 9.78. The molecule has 4 N–H and O–H groups in total. The van der Waals surface area contributed by atoms with E-state index in [1.807, 2.05) is 0 Å². The van der Waals surface area contributed by atoms with Crippen molar-refractivity contribution in [2.45, 2.75) is 37.8 Å². The van der Waals surface area contributed by atoms with Gasteiger partial charge in [-0.1, -0.05) is 11.6 Å². The Morgan fingerprint density at radius 3 is 2.71 bits per heavy atom. The number of hydrogen-bond acceptors (Lipinski definition) is 6. The maximum absolute atomic E-state index is 13.1. The topological polar surface area (TPSA) is 143 Å². The van der Waals surface area contributed by atoms with E-state index in [0.29, 0.717) is 13.0 Å². The highest BCUT2D eigenvalue weighted by Gasteiger charge is 2.36. The molecule has 1 aromatic rings. The smallest absolute Gasteiger partial charge is 0.411 e. The van der Waals surface area contributed by atoms with Crippen molar-refractivity contribution in [1.29, 1.82) is 0 Å². The van der Waals surface area contributed by atoms with Crippen LogP contribution in [0.2, 0.25) is 5.02 Å². The lowest BCUT2D eigenvalue weighted by atomic mass is 9.95. The van der Waals surface area contributed by atoms with Gasteiger partial charge in [0.1, 0.15) is 0 Å². The summed E-state index contributed by atoms with van der Waals surface area (Å²) in [5.41, 5.74) is -0.338. The van der Waals surface area contributed by atoms with E-state index in [-0.39, 0.29) is 34.6 Å². The van der Waals surface area contributed by atoms with Gasteiger partial charge in [-0.15, -0.1) is 0 Å². The van der Waals surface area contributed by atoms with Gasteiger partial charge < -0.3 is 20.7 Å². The van der Waals surface area contributed by atoms with E-state index in [2.05, 4.69) is 26.0 Å². The van der Waals surface area contributed by atoms with Crippen LogP contribution in [-0.4, -0.2) is 55.3 Å². The third kappa shape index (κ3) is 5.94. The normalized spacial score (nSPS) is 20.4. The van der Waals surface area contributed by atoms with Gasteiger partial charge in [0.2, 0.25) is 11.7 Å². The Kier molecular flexibility index (Phi) is 5.87. The third-order valence-corrected chi connectivity index (χ3v) is 5.23. The zero-order valence-corrected chi connectivity index (χ0v) is 17.1. The molecule has 1 aliphatic heterocycles. The first kappa shape index (κ1) is 18.6. The molecule has 166 valence electrons. The molecule has 31 heavy (non-hydrogen) atoms. The fraction of sp³-hybridized carbons (Fsp3) is 0.450. The Morgan fingerprint density at radius 1 is 1.29 bits per heavy atom. The van der Waals surface area contributed by atoms with Crippen LogP contribution in [0.5, 0.6) is 0 Å². The second-order valence-corrected chi connectivity index (χ2v) is 7.79. The highest BCUT2D eigenvalue weighted by molar-refractivity contribution is 6.38. The molecule has 0 aromatic heterocycles. The number of methoxy groups -OCH3 is 1. The number of ether oxygens (including phenoxy) is 1. The van der Waals surface area contributed by atoms with E-state index >= 15 is 0 Å². The molecule has 2 aliphatic rings. The number of nitrogens with one attached hydrogen (secondary N) is 4. The van der Waals surface area contributed by atoms with Crippen molar-refractivity contribution < 1.29 is 32.8 Å². The predicted molar refractivity (Wildman–Crippen MR) is 111 cm³/mol. The van der Waals surface area contributed by atoms with Crippen LogP contribution in [0.4, 0.5) is 10.5 Å². The number of carbonyl (C=O) groups is 5. The third-order valence-electron chi connectivity index (χ3n) is 5.00. The number of amides is 4. The molecule has 0 bridgehead atoms. The summed E-state index contributed by atoms with van der Waals surface area (Å²) in [6.45, 7) is 0.417. The number of ketones is 1. The van der Waals surface area contributed by atoms with Crippen LogP contribution in [-0.2, 0) is 19.1 Å². The summed E-state index contributed by atoms with van der Waals surface area (Å²) in [5, 5.41) is 9.92. The van der Waals surface area contributed by atoms with E-state index in [0.717, 1.165) is 12.8 Å². The van der Waals surface area contributed by atoms with E-state index in [9.17, 15) is 24.0 Å². The standard InChI is InChI=1S/C20H23ClN4O6/c1-31-20(30)25-14-5-2-11(21)9-13(14)18(28)24-15(8-10-6-7-22-17(10)27)16(26)19(29)23-12-3-4-12/h2,5,9-10,12,15H,3-4,6-8H2,1H3,(H,22,27)(H,23,29)(H,24,28)(H,25,30)/t10-,15?/m0/s1/i1D3. The number of carbonyl (C=O) groups excluding carboxylic acids is 5. The first-order valence-electron chi connectivity index (χ1n) is 11.2. The number of anilines is 1. The molecule has 1 saturated carbocycles. The van der Waals surface area contributed by atoms with Crippen LogP contribution >= 0.6 is 11.6 Å². The number of hydrogen-bond donors (Lipinski definition) is 4. The molecule has 1 unspecified atom stereocenters. The van der Waals surface area contributed by atoms with E-state index in [1.54, 1.807) is 0 Å². The minimum absolute atomic E-state index is 0.0875. The van der Waals surface area contributed by atoms with Gasteiger partial charge in [0.25, 0.3) is 11.8 Å². The summed E-state index contributed by atoms with van der Waals surface area (Å²) < 4.78 is 25.2. The molecule has 1 heterocycles. The molecule has 11 heteroatoms. The molecular formula is C20H23ClN4O6. The van der Waals surface area contributed by atoms with E-state index < -0.39 is 42.7 Å². The van der Waals surface area contributed by atoms with Crippen LogP contribution in [0.15, 0.2) is 18.2 Å².